The lowest BCUT2D eigenvalue weighted by Gasteiger charge is -2.08. The number of carbonyl (C=O) groups is 2. The molecule has 0 aliphatic carbocycles. The second-order valence-electron chi connectivity index (χ2n) is 3.19. The fourth-order valence-corrected chi connectivity index (χ4v) is 1.19. The third-order valence-corrected chi connectivity index (χ3v) is 1.90. The molecule has 0 aliphatic heterocycles. The van der Waals surface area contributed by atoms with Crippen LogP contribution in [0, 0.1) is 5.82 Å². The molecule has 92 valence electrons. The Labute approximate surface area is 97.2 Å². The van der Waals surface area contributed by atoms with Crippen LogP contribution in [0.25, 0.3) is 0 Å². The number of nitrogens with one attached hydrogen (secondary N) is 1. The molecule has 0 heterocycles. The molecule has 1 aromatic carbocycles. The monoisotopic (exact) mass is 241 g/mol. The van der Waals surface area contributed by atoms with Crippen LogP contribution in [0.1, 0.15) is 17.3 Å². The van der Waals surface area contributed by atoms with Crippen LogP contribution in [-0.4, -0.2) is 30.1 Å². The van der Waals surface area contributed by atoms with E-state index >= 15 is 0 Å². The van der Waals surface area contributed by atoms with Crippen molar-refractivity contribution in [2.75, 3.05) is 13.2 Å². The van der Waals surface area contributed by atoms with Gasteiger partial charge in [0.1, 0.15) is 17.1 Å². The van der Waals surface area contributed by atoms with E-state index in [1.165, 1.54) is 6.07 Å². The minimum absolute atomic E-state index is 0.0369. The number of aromatic carboxylic acids is 1. The molecule has 0 unspecified atom stereocenters. The highest BCUT2D eigenvalue weighted by molar-refractivity contribution is 5.91. The number of carboxylic acid groups (broad SMARTS) is 1. The Kier molecular flexibility index (Phi) is 4.45. The van der Waals surface area contributed by atoms with Crippen LogP contribution in [0.3, 0.4) is 0 Å². The molecule has 17 heavy (non-hydrogen) atoms. The average Bonchev–Trinajstić information content (AvgIpc) is 2.27. The van der Waals surface area contributed by atoms with E-state index in [-0.39, 0.29) is 23.8 Å². The van der Waals surface area contributed by atoms with Gasteiger partial charge in [0.05, 0.1) is 0 Å². The number of hydrogen-bond donors (Lipinski definition) is 2. The third kappa shape index (κ3) is 3.75. The van der Waals surface area contributed by atoms with Crippen LogP contribution in [0.4, 0.5) is 4.39 Å². The summed E-state index contributed by atoms with van der Waals surface area (Å²) in [5.41, 5.74) is -0.311. The molecule has 0 aromatic heterocycles. The summed E-state index contributed by atoms with van der Waals surface area (Å²) in [7, 11) is 0. The van der Waals surface area contributed by atoms with Gasteiger partial charge in [-0.2, -0.15) is 0 Å². The van der Waals surface area contributed by atoms with Gasteiger partial charge in [-0.15, -0.1) is 0 Å². The summed E-state index contributed by atoms with van der Waals surface area (Å²) in [6.45, 7) is 1.90. The van der Waals surface area contributed by atoms with Crippen molar-refractivity contribution in [3.8, 4) is 5.75 Å². The predicted octanol–water partition coefficient (Wildman–Crippen LogP) is 1.04. The second kappa shape index (κ2) is 5.83. The van der Waals surface area contributed by atoms with E-state index in [4.69, 9.17) is 9.84 Å². The van der Waals surface area contributed by atoms with Crippen LogP contribution in [0.5, 0.6) is 5.75 Å². The van der Waals surface area contributed by atoms with E-state index < -0.39 is 11.8 Å². The lowest BCUT2D eigenvalue weighted by Crippen LogP contribution is -2.28. The zero-order chi connectivity index (χ0) is 12.8. The molecular weight excluding hydrogens is 229 g/mol. The van der Waals surface area contributed by atoms with Crippen molar-refractivity contribution in [2.45, 2.75) is 6.92 Å². The van der Waals surface area contributed by atoms with Crippen LogP contribution < -0.4 is 10.1 Å². The molecule has 1 rings (SSSR count). The average molecular weight is 241 g/mol. The van der Waals surface area contributed by atoms with Crippen molar-refractivity contribution in [2.24, 2.45) is 0 Å². The van der Waals surface area contributed by atoms with Gasteiger partial charge in [0.25, 0.3) is 5.91 Å². The van der Waals surface area contributed by atoms with E-state index in [0.717, 1.165) is 12.1 Å². The molecule has 5 nitrogen and oxygen atoms in total. The quantitative estimate of drug-likeness (QED) is 0.807. The third-order valence-electron chi connectivity index (χ3n) is 1.90. The van der Waals surface area contributed by atoms with E-state index in [1.54, 1.807) is 6.92 Å². The fraction of sp³-hybridized carbons (Fsp3) is 0.273. The van der Waals surface area contributed by atoms with Gasteiger partial charge in [0.15, 0.2) is 6.61 Å². The summed E-state index contributed by atoms with van der Waals surface area (Å²) in [5, 5.41) is 11.3. The van der Waals surface area contributed by atoms with Gasteiger partial charge in [0, 0.05) is 6.54 Å². The Morgan fingerprint density at radius 2 is 2.18 bits per heavy atom. The smallest absolute Gasteiger partial charge is 0.339 e. The number of ether oxygens (including phenoxy) is 1. The first-order chi connectivity index (χ1) is 8.04. The highest BCUT2D eigenvalue weighted by Crippen LogP contribution is 2.19. The first kappa shape index (κ1) is 13.0. The number of amides is 1. The number of hydrogen-bond acceptors (Lipinski definition) is 3. The van der Waals surface area contributed by atoms with Crippen molar-refractivity contribution < 1.29 is 23.8 Å². The summed E-state index contributed by atoms with van der Waals surface area (Å²) < 4.78 is 17.8. The van der Waals surface area contributed by atoms with Crippen LogP contribution in [-0.2, 0) is 4.79 Å². The Balaban J connectivity index is 2.77. The highest BCUT2D eigenvalue weighted by atomic mass is 19.1. The minimum Gasteiger partial charge on any atom is -0.483 e. The highest BCUT2D eigenvalue weighted by Gasteiger charge is 2.13. The Morgan fingerprint density at radius 3 is 2.76 bits per heavy atom. The van der Waals surface area contributed by atoms with E-state index in [9.17, 15) is 14.0 Å². The van der Waals surface area contributed by atoms with Gasteiger partial charge in [-0.05, 0) is 25.1 Å². The predicted molar refractivity (Wildman–Crippen MR) is 57.5 cm³/mol. The van der Waals surface area contributed by atoms with Gasteiger partial charge < -0.3 is 15.2 Å². The van der Waals surface area contributed by atoms with Crippen LogP contribution in [0.15, 0.2) is 18.2 Å². The Bertz CT molecular complexity index is 433. The molecule has 6 heteroatoms. The molecule has 0 radical (unpaired) electrons. The maximum Gasteiger partial charge on any atom is 0.339 e. The molecule has 1 aromatic rings. The molecule has 1 amide bonds. The topological polar surface area (TPSA) is 75.6 Å². The van der Waals surface area contributed by atoms with Crippen molar-refractivity contribution in [3.05, 3.63) is 29.6 Å². The first-order valence-electron chi connectivity index (χ1n) is 4.97. The van der Waals surface area contributed by atoms with Crippen molar-refractivity contribution in [1.29, 1.82) is 0 Å². The first-order valence-corrected chi connectivity index (χ1v) is 4.97. The van der Waals surface area contributed by atoms with Crippen molar-refractivity contribution in [3.63, 3.8) is 0 Å². The summed E-state index contributed by atoms with van der Waals surface area (Å²) in [6.07, 6.45) is 0. The normalized spacial score (nSPS) is 9.76. The molecule has 0 spiro atoms. The number of likely N-dealkylation sites (N-methyl/N-ethyl adjacent to an activating group) is 1. The minimum atomic E-state index is -1.31. The van der Waals surface area contributed by atoms with E-state index in [2.05, 4.69) is 5.32 Å². The van der Waals surface area contributed by atoms with Gasteiger partial charge in [-0.3, -0.25) is 4.79 Å². The maximum atomic E-state index is 12.8. The van der Waals surface area contributed by atoms with Gasteiger partial charge in [0.2, 0.25) is 0 Å². The Hall–Kier alpha value is -2.11. The molecule has 0 bridgehead atoms. The number of carbonyl (C=O) groups excluding carboxylic acids is 1. The van der Waals surface area contributed by atoms with Crippen molar-refractivity contribution in [1.82, 2.24) is 5.32 Å². The maximum absolute atomic E-state index is 12.8. The molecule has 0 atom stereocenters. The van der Waals surface area contributed by atoms with E-state index in [1.807, 2.05) is 0 Å². The summed E-state index contributed by atoms with van der Waals surface area (Å²) in [6, 6.07) is 3.09. The summed E-state index contributed by atoms with van der Waals surface area (Å²) in [5.74, 6) is -2.39. The molecule has 2 N–H and O–H groups in total. The summed E-state index contributed by atoms with van der Waals surface area (Å²) >= 11 is 0. The largest absolute Gasteiger partial charge is 0.483 e. The molecular formula is C11H12FNO4. The van der Waals surface area contributed by atoms with E-state index in [0.29, 0.717) is 6.54 Å². The molecule has 0 aliphatic rings. The van der Waals surface area contributed by atoms with Crippen LogP contribution in [0.2, 0.25) is 0 Å². The Morgan fingerprint density at radius 1 is 1.47 bits per heavy atom. The number of benzene rings is 1. The van der Waals surface area contributed by atoms with Gasteiger partial charge >= 0.3 is 5.97 Å². The molecule has 0 saturated carbocycles. The van der Waals surface area contributed by atoms with Gasteiger partial charge in [-0.25, -0.2) is 9.18 Å². The zero-order valence-corrected chi connectivity index (χ0v) is 9.20. The lowest BCUT2D eigenvalue weighted by molar-refractivity contribution is -0.123. The number of rotatable bonds is 5. The number of halogens is 1. The lowest BCUT2D eigenvalue weighted by atomic mass is 10.2. The number of carboxylic acids is 1. The van der Waals surface area contributed by atoms with Gasteiger partial charge in [-0.1, -0.05) is 0 Å². The standard InChI is InChI=1S/C11H12FNO4/c1-2-13-10(14)6-17-9-4-3-7(12)5-8(9)11(15)16/h3-5H,2,6H2,1H3,(H,13,14)(H,15,16). The zero-order valence-electron chi connectivity index (χ0n) is 9.20. The second-order valence-corrected chi connectivity index (χ2v) is 3.19. The fourth-order valence-electron chi connectivity index (χ4n) is 1.19. The summed E-state index contributed by atoms with van der Waals surface area (Å²) in [4.78, 5) is 21.9. The molecule has 0 fully saturated rings. The van der Waals surface area contributed by atoms with Crippen molar-refractivity contribution >= 4 is 11.9 Å². The SMILES string of the molecule is CCNC(=O)COc1ccc(F)cc1C(=O)O. The molecule has 0 saturated heterocycles. The van der Waals surface area contributed by atoms with Crippen LogP contribution >= 0.6 is 0 Å².